The molecule has 0 aromatic rings. The van der Waals surface area contributed by atoms with Crippen molar-refractivity contribution in [3.8, 4) is 0 Å². The number of rotatable bonds is 16. The summed E-state index contributed by atoms with van der Waals surface area (Å²) in [7, 11) is 0. The van der Waals surface area contributed by atoms with Crippen molar-refractivity contribution in [3.63, 3.8) is 0 Å². The molecule has 0 radical (unpaired) electrons. The maximum absolute atomic E-state index is 12.5. The zero-order valence-electron chi connectivity index (χ0n) is 26.5. The third-order valence-corrected chi connectivity index (χ3v) is 12.0. The summed E-state index contributed by atoms with van der Waals surface area (Å²) in [4.78, 5) is 34.1. The zero-order chi connectivity index (χ0) is 31.0. The lowest BCUT2D eigenvalue weighted by atomic mass is 9.44. The summed E-state index contributed by atoms with van der Waals surface area (Å²) in [5.41, 5.74) is 0.654. The first-order valence-corrected chi connectivity index (χ1v) is 16.7. The van der Waals surface area contributed by atoms with E-state index in [0.29, 0.717) is 61.6 Å². The van der Waals surface area contributed by atoms with Gasteiger partial charge in [-0.25, -0.2) is 9.59 Å². The van der Waals surface area contributed by atoms with Crippen molar-refractivity contribution in [2.24, 2.45) is 46.3 Å². The van der Waals surface area contributed by atoms with Gasteiger partial charge in [0.1, 0.15) is 12.7 Å². The number of nitrogens with one attached hydrogen (secondary N) is 1. The highest BCUT2D eigenvalue weighted by molar-refractivity contribution is 5.68. The van der Waals surface area contributed by atoms with Crippen molar-refractivity contribution >= 4 is 18.0 Å². The molecule has 0 aromatic carbocycles. The van der Waals surface area contributed by atoms with Crippen LogP contribution in [0, 0.1) is 46.3 Å². The van der Waals surface area contributed by atoms with Gasteiger partial charge in [0.25, 0.3) is 0 Å². The molecule has 10 heteroatoms. The van der Waals surface area contributed by atoms with Gasteiger partial charge in [0.15, 0.2) is 0 Å². The monoisotopic (exact) mass is 609 g/mol. The Morgan fingerprint density at radius 3 is 2.21 bits per heavy atom. The normalized spacial score (nSPS) is 35.7. The number of hydrogen-bond donors (Lipinski definition) is 3. The van der Waals surface area contributed by atoms with Crippen LogP contribution in [-0.4, -0.2) is 80.5 Å². The van der Waals surface area contributed by atoms with Crippen molar-refractivity contribution in [3.05, 3.63) is 0 Å². The number of amides is 1. The summed E-state index contributed by atoms with van der Waals surface area (Å²) in [5.74, 6) is 2.29. The second-order valence-corrected chi connectivity index (χ2v) is 14.2. The average Bonchev–Trinajstić information content (AvgIpc) is 3.32. The predicted molar refractivity (Wildman–Crippen MR) is 160 cm³/mol. The first-order valence-electron chi connectivity index (χ1n) is 16.7. The molecule has 0 unspecified atom stereocenters. The molecule has 0 spiro atoms. The van der Waals surface area contributed by atoms with E-state index in [-0.39, 0.29) is 31.8 Å². The molecule has 43 heavy (non-hydrogen) atoms. The van der Waals surface area contributed by atoms with Crippen LogP contribution in [0.1, 0.15) is 91.4 Å². The fraction of sp³-hybridized carbons (Fsp3) is 0.909. The van der Waals surface area contributed by atoms with E-state index >= 15 is 0 Å². The molecule has 4 aliphatic carbocycles. The Hall–Kier alpha value is -1.91. The smallest absolute Gasteiger partial charge is 0.407 e. The minimum atomic E-state index is -1.00. The van der Waals surface area contributed by atoms with E-state index in [1.54, 1.807) is 0 Å². The fourth-order valence-corrected chi connectivity index (χ4v) is 9.87. The first-order chi connectivity index (χ1) is 20.5. The van der Waals surface area contributed by atoms with Crippen LogP contribution < -0.4 is 5.32 Å². The Morgan fingerprint density at radius 2 is 1.49 bits per heavy atom. The Kier molecular flexibility index (Phi) is 12.2. The van der Waals surface area contributed by atoms with Gasteiger partial charge in [-0.05, 0) is 111 Å². The van der Waals surface area contributed by atoms with Crippen molar-refractivity contribution in [2.45, 2.75) is 97.5 Å². The van der Waals surface area contributed by atoms with Gasteiger partial charge in [-0.15, -0.1) is 0 Å². The fourth-order valence-electron chi connectivity index (χ4n) is 9.87. The van der Waals surface area contributed by atoms with Gasteiger partial charge in [0, 0.05) is 13.0 Å². The van der Waals surface area contributed by atoms with E-state index in [1.165, 1.54) is 38.5 Å². The number of carboxylic acids is 2. The van der Waals surface area contributed by atoms with Gasteiger partial charge in [-0.2, -0.15) is 0 Å². The van der Waals surface area contributed by atoms with Gasteiger partial charge in [-0.1, -0.05) is 20.8 Å². The van der Waals surface area contributed by atoms with Gasteiger partial charge in [-0.3, -0.25) is 4.79 Å². The largest absolute Gasteiger partial charge is 0.481 e. The maximum Gasteiger partial charge on any atom is 0.407 e. The van der Waals surface area contributed by atoms with Crippen molar-refractivity contribution in [2.75, 3.05) is 46.2 Å². The van der Waals surface area contributed by atoms with E-state index in [1.807, 2.05) is 0 Å². The number of alkyl carbamates (subject to hydrolysis) is 1. The van der Waals surface area contributed by atoms with Gasteiger partial charge >= 0.3 is 18.0 Å². The SMILES string of the molecule is C[C@H](CCC(=O)O)[C@H]1CC[C@H]2[C@@H]3CC[C@@H]4C[C@@H](OC(=O)NCCOCCOCCOCC(=O)O)CC[C@]4(C)[C@H]3CC[C@]12C. The van der Waals surface area contributed by atoms with E-state index in [2.05, 4.69) is 26.1 Å². The Bertz CT molecular complexity index is 945. The summed E-state index contributed by atoms with van der Waals surface area (Å²) < 4.78 is 21.5. The van der Waals surface area contributed by atoms with Crippen LogP contribution in [0.2, 0.25) is 0 Å². The van der Waals surface area contributed by atoms with Crippen LogP contribution in [-0.2, 0) is 28.5 Å². The van der Waals surface area contributed by atoms with Crippen LogP contribution in [0.25, 0.3) is 0 Å². The molecule has 4 fully saturated rings. The highest BCUT2D eigenvalue weighted by Gasteiger charge is 2.60. The molecule has 1 amide bonds. The topological polar surface area (TPSA) is 141 Å². The number of carbonyl (C=O) groups is 3. The first kappa shape index (κ1) is 34.0. The second-order valence-electron chi connectivity index (χ2n) is 14.2. The molecule has 246 valence electrons. The maximum atomic E-state index is 12.5. The summed E-state index contributed by atoms with van der Waals surface area (Å²) in [6, 6.07) is 0. The zero-order valence-corrected chi connectivity index (χ0v) is 26.5. The van der Waals surface area contributed by atoms with Gasteiger partial charge in [0.2, 0.25) is 0 Å². The van der Waals surface area contributed by atoms with Crippen LogP contribution in [0.5, 0.6) is 0 Å². The third kappa shape index (κ3) is 8.42. The standard InChI is InChI=1S/C33H55NO9/c1-22(4-9-29(35)36)26-7-8-27-25-6-5-23-20-24(10-12-32(23,2)28(25)11-13-33(26,27)3)43-31(39)34-14-15-40-16-17-41-18-19-42-21-30(37)38/h22-28H,4-21H2,1-3H3,(H,34,39)(H,35,36)(H,37,38)/t22-,23-,24+,25+,26-,27+,28+,32+,33-/m1/s1. The Morgan fingerprint density at radius 1 is 0.814 bits per heavy atom. The lowest BCUT2D eigenvalue weighted by molar-refractivity contribution is -0.143. The number of carboxylic acid groups (broad SMARTS) is 2. The minimum absolute atomic E-state index is 0.0351. The van der Waals surface area contributed by atoms with Crippen molar-refractivity contribution in [1.29, 1.82) is 0 Å². The third-order valence-electron chi connectivity index (χ3n) is 12.0. The lowest BCUT2D eigenvalue weighted by Crippen LogP contribution is -2.54. The van der Waals surface area contributed by atoms with E-state index < -0.39 is 11.9 Å². The Labute approximate surface area is 256 Å². The molecule has 0 heterocycles. The average molecular weight is 610 g/mol. The molecule has 0 aromatic heterocycles. The quantitative estimate of drug-likeness (QED) is 0.197. The molecule has 0 saturated heterocycles. The lowest BCUT2D eigenvalue weighted by Gasteiger charge is -2.61. The van der Waals surface area contributed by atoms with Crippen molar-refractivity contribution < 1.29 is 43.5 Å². The number of hydrogen-bond acceptors (Lipinski definition) is 7. The highest BCUT2D eigenvalue weighted by Crippen LogP contribution is 2.68. The van der Waals surface area contributed by atoms with E-state index in [4.69, 9.17) is 24.1 Å². The van der Waals surface area contributed by atoms with Crippen LogP contribution in [0.15, 0.2) is 0 Å². The molecule has 10 nitrogen and oxygen atoms in total. The van der Waals surface area contributed by atoms with Crippen LogP contribution >= 0.6 is 0 Å². The molecule has 0 bridgehead atoms. The molecule has 3 N–H and O–H groups in total. The molecule has 4 rings (SSSR count). The molecule has 9 atom stereocenters. The Balaban J connectivity index is 1.15. The van der Waals surface area contributed by atoms with E-state index in [0.717, 1.165) is 43.4 Å². The number of fused-ring (bicyclic) bond motifs is 5. The molecular formula is C33H55NO9. The predicted octanol–water partition coefficient (Wildman–Crippen LogP) is 5.38. The van der Waals surface area contributed by atoms with Gasteiger partial charge in [0.05, 0.1) is 33.0 Å². The molecular weight excluding hydrogens is 554 g/mol. The number of ether oxygens (including phenoxy) is 4. The summed E-state index contributed by atoms with van der Waals surface area (Å²) in [5, 5.41) is 20.5. The molecule has 4 aliphatic rings. The van der Waals surface area contributed by atoms with Gasteiger partial charge < -0.3 is 34.5 Å². The summed E-state index contributed by atoms with van der Waals surface area (Å²) in [6.45, 7) is 9.03. The minimum Gasteiger partial charge on any atom is -0.481 e. The summed E-state index contributed by atoms with van der Waals surface area (Å²) >= 11 is 0. The summed E-state index contributed by atoms with van der Waals surface area (Å²) in [6.07, 6.45) is 11.2. The van der Waals surface area contributed by atoms with Crippen molar-refractivity contribution in [1.82, 2.24) is 5.32 Å². The van der Waals surface area contributed by atoms with Crippen LogP contribution in [0.3, 0.4) is 0 Å². The molecule has 0 aliphatic heterocycles. The number of carbonyl (C=O) groups excluding carboxylic acids is 1. The second kappa shape index (κ2) is 15.4. The molecule has 4 saturated carbocycles. The van der Waals surface area contributed by atoms with E-state index in [9.17, 15) is 19.5 Å². The number of aliphatic carboxylic acids is 2. The van der Waals surface area contributed by atoms with Crippen LogP contribution in [0.4, 0.5) is 4.79 Å². The highest BCUT2D eigenvalue weighted by atomic mass is 16.6.